The fourth-order valence-corrected chi connectivity index (χ4v) is 1.79. The molecule has 0 aliphatic heterocycles. The Morgan fingerprint density at radius 1 is 1.24 bits per heavy atom. The van der Waals surface area contributed by atoms with E-state index in [4.69, 9.17) is 5.11 Å². The third-order valence-electron chi connectivity index (χ3n) is 2.84. The monoisotopic (exact) mass is 290 g/mol. The van der Waals surface area contributed by atoms with Crippen molar-refractivity contribution in [1.82, 2.24) is 0 Å². The lowest BCUT2D eigenvalue weighted by Crippen LogP contribution is -2.02. The molecule has 0 bridgehead atoms. The van der Waals surface area contributed by atoms with Gasteiger partial charge in [0.1, 0.15) is 11.5 Å². The molecule has 2 rings (SSSR count). The number of benzene rings is 2. The molecule has 0 saturated carbocycles. The van der Waals surface area contributed by atoms with Crippen molar-refractivity contribution >= 4 is 23.0 Å². The quantitative estimate of drug-likeness (QED) is 0.664. The molecule has 2 aromatic carbocycles. The second kappa shape index (κ2) is 5.58. The van der Waals surface area contributed by atoms with Gasteiger partial charge in [-0.15, -0.1) is 0 Å². The van der Waals surface area contributed by atoms with E-state index >= 15 is 0 Å². The van der Waals surface area contributed by atoms with Crippen LogP contribution in [0, 0.1) is 22.9 Å². The second-order valence-electron chi connectivity index (χ2n) is 4.40. The number of halogens is 1. The minimum absolute atomic E-state index is 0.0352. The van der Waals surface area contributed by atoms with Gasteiger partial charge in [0.2, 0.25) is 0 Å². The third kappa shape index (κ3) is 3.14. The summed E-state index contributed by atoms with van der Waals surface area (Å²) in [6.07, 6.45) is 0. The zero-order valence-electron chi connectivity index (χ0n) is 11.0. The van der Waals surface area contributed by atoms with Gasteiger partial charge < -0.3 is 10.4 Å². The molecule has 0 aromatic heterocycles. The summed E-state index contributed by atoms with van der Waals surface area (Å²) in [5.74, 6) is -2.05. The average Bonchev–Trinajstić information content (AvgIpc) is 2.42. The van der Waals surface area contributed by atoms with Crippen molar-refractivity contribution in [3.8, 4) is 0 Å². The first-order valence-corrected chi connectivity index (χ1v) is 5.93. The number of rotatable bonds is 4. The van der Waals surface area contributed by atoms with Crippen molar-refractivity contribution in [3.05, 3.63) is 63.5 Å². The van der Waals surface area contributed by atoms with Gasteiger partial charge in [-0.3, -0.25) is 10.1 Å². The highest BCUT2D eigenvalue weighted by Crippen LogP contribution is 2.29. The second-order valence-corrected chi connectivity index (χ2v) is 4.40. The highest BCUT2D eigenvalue weighted by Gasteiger charge is 2.16. The Bertz CT molecular complexity index is 731. The molecule has 6 nitrogen and oxygen atoms in total. The van der Waals surface area contributed by atoms with E-state index in [2.05, 4.69) is 5.32 Å². The molecule has 2 N–H and O–H groups in total. The fraction of sp³-hybridized carbons (Fsp3) is 0.0714. The first kappa shape index (κ1) is 14.4. The van der Waals surface area contributed by atoms with Gasteiger partial charge >= 0.3 is 5.97 Å². The van der Waals surface area contributed by atoms with Crippen LogP contribution in [0.1, 0.15) is 15.9 Å². The molecule has 0 fully saturated rings. The number of hydrogen-bond donors (Lipinski definition) is 2. The van der Waals surface area contributed by atoms with Crippen LogP contribution in [-0.4, -0.2) is 16.0 Å². The molecule has 0 unspecified atom stereocenters. The largest absolute Gasteiger partial charge is 0.478 e. The molecule has 0 amide bonds. The van der Waals surface area contributed by atoms with Gasteiger partial charge in [-0.05, 0) is 36.8 Å². The Hall–Kier alpha value is -2.96. The number of aromatic carboxylic acids is 1. The van der Waals surface area contributed by atoms with Crippen molar-refractivity contribution in [2.24, 2.45) is 0 Å². The van der Waals surface area contributed by atoms with Gasteiger partial charge in [0.05, 0.1) is 16.2 Å². The molecule has 0 aliphatic carbocycles. The van der Waals surface area contributed by atoms with Crippen LogP contribution in [0.5, 0.6) is 0 Å². The normalized spacial score (nSPS) is 10.2. The lowest BCUT2D eigenvalue weighted by molar-refractivity contribution is -0.384. The molecule has 108 valence electrons. The SMILES string of the molecule is Cc1ccc(Nc2ccc(C(=O)O)cc2F)c([N+](=O)[O-])c1. The number of carboxylic acids is 1. The Morgan fingerprint density at radius 3 is 2.48 bits per heavy atom. The van der Waals surface area contributed by atoms with Crippen molar-refractivity contribution in [2.45, 2.75) is 6.92 Å². The van der Waals surface area contributed by atoms with Gasteiger partial charge in [0, 0.05) is 6.07 Å². The molecule has 0 heterocycles. The van der Waals surface area contributed by atoms with Crippen LogP contribution in [-0.2, 0) is 0 Å². The highest BCUT2D eigenvalue weighted by molar-refractivity contribution is 5.88. The van der Waals surface area contributed by atoms with Crippen molar-refractivity contribution < 1.29 is 19.2 Å². The summed E-state index contributed by atoms with van der Waals surface area (Å²) >= 11 is 0. The predicted molar refractivity (Wildman–Crippen MR) is 74.5 cm³/mol. The first-order valence-electron chi connectivity index (χ1n) is 5.93. The van der Waals surface area contributed by atoms with Crippen LogP contribution in [0.3, 0.4) is 0 Å². The molecule has 0 radical (unpaired) electrons. The number of carbonyl (C=O) groups is 1. The van der Waals surface area contributed by atoms with Gasteiger partial charge in [-0.1, -0.05) is 6.07 Å². The van der Waals surface area contributed by atoms with Crippen LogP contribution >= 0.6 is 0 Å². The lowest BCUT2D eigenvalue weighted by Gasteiger charge is -2.09. The summed E-state index contributed by atoms with van der Waals surface area (Å²) in [6.45, 7) is 1.71. The summed E-state index contributed by atoms with van der Waals surface area (Å²) in [5, 5.41) is 22.4. The summed E-state index contributed by atoms with van der Waals surface area (Å²) in [5.41, 5.74) is 0.418. The van der Waals surface area contributed by atoms with E-state index in [0.29, 0.717) is 5.56 Å². The Labute approximate surface area is 119 Å². The molecule has 0 aliphatic rings. The lowest BCUT2D eigenvalue weighted by atomic mass is 10.1. The van der Waals surface area contributed by atoms with E-state index in [0.717, 1.165) is 6.07 Å². The zero-order valence-corrected chi connectivity index (χ0v) is 11.0. The number of nitrogens with zero attached hydrogens (tertiary/aromatic N) is 1. The maximum atomic E-state index is 13.8. The minimum atomic E-state index is -1.25. The number of hydrogen-bond acceptors (Lipinski definition) is 4. The topological polar surface area (TPSA) is 92.5 Å². The number of anilines is 2. The number of aryl methyl sites for hydroxylation is 1. The molecule has 2 aromatic rings. The van der Waals surface area contributed by atoms with Crippen LogP contribution in [0.4, 0.5) is 21.5 Å². The minimum Gasteiger partial charge on any atom is -0.478 e. The van der Waals surface area contributed by atoms with Crippen LogP contribution < -0.4 is 5.32 Å². The molecule has 0 saturated heterocycles. The van der Waals surface area contributed by atoms with Gasteiger partial charge in [-0.25, -0.2) is 9.18 Å². The van der Waals surface area contributed by atoms with Gasteiger partial charge in [0.15, 0.2) is 0 Å². The van der Waals surface area contributed by atoms with Crippen molar-refractivity contribution in [3.63, 3.8) is 0 Å². The van der Waals surface area contributed by atoms with E-state index < -0.39 is 16.7 Å². The standard InChI is InChI=1S/C14H11FN2O4/c1-8-2-4-12(13(6-8)17(20)21)16-11-5-3-9(14(18)19)7-10(11)15/h2-7,16H,1H3,(H,18,19). The molecular weight excluding hydrogens is 279 g/mol. The summed E-state index contributed by atoms with van der Waals surface area (Å²) < 4.78 is 13.8. The molecule has 21 heavy (non-hydrogen) atoms. The Kier molecular flexibility index (Phi) is 3.84. The van der Waals surface area contributed by atoms with E-state index in [-0.39, 0.29) is 22.6 Å². The number of nitro benzene ring substituents is 1. The van der Waals surface area contributed by atoms with Gasteiger partial charge in [-0.2, -0.15) is 0 Å². The first-order chi connectivity index (χ1) is 9.88. The Balaban J connectivity index is 2.39. The molecular formula is C14H11FN2O4. The van der Waals surface area contributed by atoms with Crippen LogP contribution in [0.25, 0.3) is 0 Å². The third-order valence-corrected chi connectivity index (χ3v) is 2.84. The smallest absolute Gasteiger partial charge is 0.335 e. The van der Waals surface area contributed by atoms with Crippen molar-refractivity contribution in [2.75, 3.05) is 5.32 Å². The predicted octanol–water partition coefficient (Wildman–Crippen LogP) is 3.48. The van der Waals surface area contributed by atoms with E-state index in [9.17, 15) is 19.3 Å². The molecule has 7 heteroatoms. The molecule has 0 spiro atoms. The summed E-state index contributed by atoms with van der Waals surface area (Å²) in [7, 11) is 0. The average molecular weight is 290 g/mol. The number of nitro groups is 1. The zero-order chi connectivity index (χ0) is 15.6. The Morgan fingerprint density at radius 2 is 1.90 bits per heavy atom. The summed E-state index contributed by atoms with van der Waals surface area (Å²) in [6, 6.07) is 7.78. The van der Waals surface area contributed by atoms with Crippen molar-refractivity contribution in [1.29, 1.82) is 0 Å². The van der Waals surface area contributed by atoms with Crippen LogP contribution in [0.2, 0.25) is 0 Å². The number of carboxylic acid groups (broad SMARTS) is 1. The fourth-order valence-electron chi connectivity index (χ4n) is 1.79. The summed E-state index contributed by atoms with van der Waals surface area (Å²) in [4.78, 5) is 21.1. The van der Waals surface area contributed by atoms with Crippen LogP contribution in [0.15, 0.2) is 36.4 Å². The maximum Gasteiger partial charge on any atom is 0.335 e. The van der Waals surface area contributed by atoms with Gasteiger partial charge in [0.25, 0.3) is 5.69 Å². The van der Waals surface area contributed by atoms with E-state index in [1.165, 1.54) is 24.3 Å². The number of nitrogens with one attached hydrogen (secondary N) is 1. The van der Waals surface area contributed by atoms with E-state index in [1.807, 2.05) is 0 Å². The van der Waals surface area contributed by atoms with E-state index in [1.54, 1.807) is 13.0 Å². The molecule has 0 atom stereocenters. The maximum absolute atomic E-state index is 13.8. The highest BCUT2D eigenvalue weighted by atomic mass is 19.1.